The Bertz CT molecular complexity index is 5070. The standard InChI is InChI=1S/C56H39NO/c1-3-49-50(4-2)55-53(37-52(49)46-34-44(39-19-10-6-11-20-39)33-45(35-46)40-21-12-7-13-22-40)51-25-16-26-54(56(51)58-55)57(48-32-29-41-23-14-15-24-43(41)36-48)47-30-27-42(28-31-47)38-17-8-5-9-18-38/h3-37H,1-2H2/i1D,2D,3D,4D,5D,6D,7D,8D,9D,10D,11D,12D,13D,14D,15D,16D,17D,18D,19D,20D,21D,22D,23D,24D,25D,26D,27D,28D,29D,30D,31D,32D,33D,34D,35D,36D,37D. The van der Waals surface area contributed by atoms with Gasteiger partial charge in [-0.15, -0.1) is 0 Å². The molecule has 0 fully saturated rings. The summed E-state index contributed by atoms with van der Waals surface area (Å²) in [6.45, 7) is 0.560. The smallest absolute Gasteiger partial charge is 0.159 e. The van der Waals surface area contributed by atoms with E-state index in [-0.39, 0.29) is 13.1 Å². The van der Waals surface area contributed by atoms with Crippen LogP contribution < -0.4 is 4.90 Å². The first-order chi connectivity index (χ1) is 44.3. The number of nitrogens with zero attached hydrogens (tertiary/aromatic N) is 1. The molecule has 0 unspecified atom stereocenters. The van der Waals surface area contributed by atoms with Crippen LogP contribution in [0.1, 0.15) is 61.8 Å². The summed E-state index contributed by atoms with van der Waals surface area (Å²) in [7, 11) is 0. The second-order valence-corrected chi connectivity index (χ2v) is 11.8. The van der Waals surface area contributed by atoms with Crippen molar-refractivity contribution in [2.45, 2.75) is 0 Å². The second-order valence-electron chi connectivity index (χ2n) is 11.8. The van der Waals surface area contributed by atoms with Gasteiger partial charge in [-0.1, -0.05) is 170 Å². The number of furan rings is 1. The van der Waals surface area contributed by atoms with Crippen LogP contribution in [-0.4, -0.2) is 0 Å². The van der Waals surface area contributed by atoms with Crippen LogP contribution in [0.3, 0.4) is 0 Å². The highest BCUT2D eigenvalue weighted by atomic mass is 16.3. The van der Waals surface area contributed by atoms with Crippen LogP contribution >= 0.6 is 0 Å². The number of benzene rings is 9. The minimum Gasteiger partial charge on any atom is -0.453 e. The minimum absolute atomic E-state index is 0.272. The third kappa shape index (κ3) is 6.18. The third-order valence-electron chi connectivity index (χ3n) is 8.53. The maximum atomic E-state index is 10.3. The molecule has 10 aromatic rings. The molecule has 9 aromatic carbocycles. The summed E-state index contributed by atoms with van der Waals surface area (Å²) in [6, 6.07) is -39.1. The average molecular weight is 779 g/mol. The maximum absolute atomic E-state index is 10.3. The maximum Gasteiger partial charge on any atom is 0.159 e. The highest BCUT2D eigenvalue weighted by Crippen LogP contribution is 2.46. The normalized spacial score (nSPS) is 20.9. The fourth-order valence-corrected chi connectivity index (χ4v) is 6.01. The van der Waals surface area contributed by atoms with E-state index in [1.165, 1.54) is 0 Å². The van der Waals surface area contributed by atoms with Crippen LogP contribution in [0.4, 0.5) is 17.1 Å². The van der Waals surface area contributed by atoms with Gasteiger partial charge in [0.1, 0.15) is 5.58 Å². The zero-order valence-corrected chi connectivity index (χ0v) is 29.0. The molecule has 0 amide bonds. The zero-order chi connectivity index (χ0) is 70.9. The van der Waals surface area contributed by atoms with Crippen molar-refractivity contribution >= 4 is 61.9 Å². The van der Waals surface area contributed by atoms with Crippen LogP contribution in [0.5, 0.6) is 0 Å². The number of hydrogen-bond acceptors (Lipinski definition) is 2. The predicted octanol–water partition coefficient (Wildman–Crippen LogP) is 16.2. The third-order valence-corrected chi connectivity index (χ3v) is 8.53. The van der Waals surface area contributed by atoms with Crippen molar-refractivity contribution in [1.82, 2.24) is 0 Å². The molecule has 0 spiro atoms. The lowest BCUT2D eigenvalue weighted by Crippen LogP contribution is -2.10. The lowest BCUT2D eigenvalue weighted by Gasteiger charge is -2.26. The van der Waals surface area contributed by atoms with Crippen LogP contribution in [0.2, 0.25) is 0 Å². The van der Waals surface area contributed by atoms with E-state index in [0.29, 0.717) is 4.90 Å². The number of fused-ring (bicyclic) bond motifs is 4. The summed E-state index contributed by atoms with van der Waals surface area (Å²) >= 11 is 0. The Kier molecular flexibility index (Phi) is 3.36. The number of para-hydroxylation sites is 1. The van der Waals surface area contributed by atoms with Gasteiger partial charge in [-0.05, 0) is 115 Å². The Hall–Kier alpha value is -7.68. The molecule has 0 atom stereocenters. The molecule has 0 saturated carbocycles. The Morgan fingerprint density at radius 2 is 0.983 bits per heavy atom. The van der Waals surface area contributed by atoms with Gasteiger partial charge in [-0.25, -0.2) is 0 Å². The van der Waals surface area contributed by atoms with Crippen LogP contribution in [0, 0.1) is 0 Å². The van der Waals surface area contributed by atoms with Crippen LogP contribution in [-0.2, 0) is 0 Å². The first kappa shape index (κ1) is 13.2. The molecule has 0 aliphatic carbocycles. The molecule has 0 aliphatic heterocycles. The van der Waals surface area contributed by atoms with Crippen molar-refractivity contribution in [3.63, 3.8) is 0 Å². The van der Waals surface area contributed by atoms with Gasteiger partial charge in [-0.2, -0.15) is 0 Å². The van der Waals surface area contributed by atoms with Crippen LogP contribution in [0.25, 0.3) is 89.3 Å². The number of rotatable bonds is 9. The predicted molar refractivity (Wildman–Crippen MR) is 248 cm³/mol. The SMILES string of the molecule is [2H]C=C([2H])c1c(-c2c([2H])c(-c3c([2H])c([2H])c([2H])c([2H])c3[2H])c([2H])c(-c3c([2H])c([2H])c([2H])c([2H])c3[2H])c2[2H])c([2H])c2c(oc3c(N(c4c([2H])c([2H])c(-c5c([2H])c([2H])c([2H])c([2H])c5[2H])c([2H])c4[2H])c4c([2H])c([2H])c5c([2H])c([2H])c([2H])c([2H])c5c4[2H])c([2H])c([2H])c([2H])c32)c1C([2H])=C[2H]. The highest BCUT2D eigenvalue weighted by Gasteiger charge is 2.23. The second kappa shape index (κ2) is 14.8. The van der Waals surface area contributed by atoms with Gasteiger partial charge in [-0.3, -0.25) is 0 Å². The van der Waals surface area contributed by atoms with E-state index < -0.39 is 317 Å². The summed E-state index contributed by atoms with van der Waals surface area (Å²) in [6.07, 6.45) is 0. The lowest BCUT2D eigenvalue weighted by atomic mass is 9.88. The zero-order valence-electron chi connectivity index (χ0n) is 66.0. The fourth-order valence-electron chi connectivity index (χ4n) is 6.01. The van der Waals surface area contributed by atoms with Crippen molar-refractivity contribution < 1.29 is 55.1 Å². The van der Waals surface area contributed by atoms with Crippen molar-refractivity contribution in [1.29, 1.82) is 0 Å². The Morgan fingerprint density at radius 3 is 1.64 bits per heavy atom. The molecular formula is C56H39NO. The molecule has 274 valence electrons. The quantitative estimate of drug-likeness (QED) is 0.145. The molecule has 0 radical (unpaired) electrons. The minimum atomic E-state index is -1.33. The molecular weight excluding hydrogens is 703 g/mol. The van der Waals surface area contributed by atoms with E-state index >= 15 is 0 Å². The molecule has 0 aliphatic rings. The summed E-state index contributed by atoms with van der Waals surface area (Å²) < 4.78 is 342. The summed E-state index contributed by atoms with van der Waals surface area (Å²) in [5.74, 6) is 0. The summed E-state index contributed by atoms with van der Waals surface area (Å²) in [5, 5.41) is -3.44. The molecule has 0 saturated heterocycles. The van der Waals surface area contributed by atoms with Crippen LogP contribution in [0.15, 0.2) is 217 Å². The summed E-state index contributed by atoms with van der Waals surface area (Å²) in [4.78, 5) is 0.336. The highest BCUT2D eigenvalue weighted by molar-refractivity contribution is 6.14. The number of anilines is 3. The lowest BCUT2D eigenvalue weighted by molar-refractivity contribution is 0.668. The van der Waals surface area contributed by atoms with Crippen molar-refractivity contribution in [3.05, 3.63) is 224 Å². The molecule has 0 bridgehead atoms. The summed E-state index contributed by atoms with van der Waals surface area (Å²) in [5.41, 5.74) is -15.5. The van der Waals surface area contributed by atoms with E-state index in [9.17, 15) is 21.9 Å². The molecule has 0 N–H and O–H groups in total. The van der Waals surface area contributed by atoms with Crippen molar-refractivity contribution in [2.24, 2.45) is 0 Å². The Labute approximate surface area is 390 Å². The van der Waals surface area contributed by atoms with Gasteiger partial charge in [0.2, 0.25) is 0 Å². The monoisotopic (exact) mass is 779 g/mol. The molecule has 10 rings (SSSR count). The van der Waals surface area contributed by atoms with Gasteiger partial charge in [0.25, 0.3) is 0 Å². The van der Waals surface area contributed by atoms with Gasteiger partial charge < -0.3 is 9.32 Å². The average Bonchev–Trinajstić information content (AvgIpc) is 1.66. The van der Waals surface area contributed by atoms with E-state index in [1.54, 1.807) is 0 Å². The first-order valence-electron chi connectivity index (χ1n) is 35.3. The fraction of sp³-hybridized carbons (Fsp3) is 0. The van der Waals surface area contributed by atoms with Gasteiger partial charge in [0, 0.05) is 27.7 Å². The first-order valence-corrected chi connectivity index (χ1v) is 16.7. The number of hydrogen-bond donors (Lipinski definition) is 0. The van der Waals surface area contributed by atoms with E-state index in [0.717, 1.165) is 0 Å². The van der Waals surface area contributed by atoms with Crippen molar-refractivity contribution in [2.75, 3.05) is 4.90 Å². The van der Waals surface area contributed by atoms with Gasteiger partial charge in [0.05, 0.1) is 56.4 Å². The van der Waals surface area contributed by atoms with E-state index in [4.69, 9.17) is 33.2 Å². The van der Waals surface area contributed by atoms with E-state index in [1.807, 2.05) is 0 Å². The Balaban J connectivity index is 1.51. The van der Waals surface area contributed by atoms with Crippen molar-refractivity contribution in [3.8, 4) is 44.5 Å². The van der Waals surface area contributed by atoms with Gasteiger partial charge in [0.15, 0.2) is 5.58 Å². The molecule has 2 nitrogen and oxygen atoms in total. The molecule has 1 heterocycles. The topological polar surface area (TPSA) is 16.4 Å². The molecule has 58 heavy (non-hydrogen) atoms. The van der Waals surface area contributed by atoms with E-state index in [2.05, 4.69) is 0 Å². The van der Waals surface area contributed by atoms with Gasteiger partial charge >= 0.3 is 0 Å². The Morgan fingerprint density at radius 1 is 0.431 bits per heavy atom. The largest absolute Gasteiger partial charge is 0.453 e. The molecule has 2 heteroatoms. The molecule has 1 aromatic heterocycles.